The Bertz CT molecular complexity index is 655. The van der Waals surface area contributed by atoms with Gasteiger partial charge in [-0.15, -0.1) is 0 Å². The van der Waals surface area contributed by atoms with Crippen LogP contribution >= 0.6 is 7.82 Å². The second-order valence-electron chi connectivity index (χ2n) is 9.03. The van der Waals surface area contributed by atoms with Crippen LogP contribution in [-0.4, -0.2) is 65.7 Å². The van der Waals surface area contributed by atoms with Crippen LogP contribution < -0.4 is 0 Å². The minimum absolute atomic E-state index is 0.143. The van der Waals surface area contributed by atoms with Crippen LogP contribution in [0.2, 0.25) is 0 Å². The number of aliphatic hydroxyl groups excluding tert-OH is 2. The molecule has 0 radical (unpaired) electrons. The van der Waals surface area contributed by atoms with Crippen molar-refractivity contribution >= 4 is 19.8 Å². The second-order valence-corrected chi connectivity index (χ2v) is 10.5. The van der Waals surface area contributed by atoms with E-state index in [1.807, 2.05) is 0 Å². The lowest BCUT2D eigenvalue weighted by Crippen LogP contribution is -2.28. The Kier molecular flexibility index (Phi) is 23.0. The van der Waals surface area contributed by atoms with Gasteiger partial charge in [-0.3, -0.25) is 18.6 Å². The first-order valence-corrected chi connectivity index (χ1v) is 15.1. The van der Waals surface area contributed by atoms with Crippen LogP contribution in [0, 0.1) is 0 Å². The molecule has 0 bridgehead atoms. The number of phosphoric acid groups is 1. The Labute approximate surface area is 222 Å². The Morgan fingerprint density at radius 3 is 1.65 bits per heavy atom. The van der Waals surface area contributed by atoms with Gasteiger partial charge in [0.2, 0.25) is 0 Å². The van der Waals surface area contributed by atoms with Crippen molar-refractivity contribution in [1.29, 1.82) is 0 Å². The number of allylic oxidation sites excluding steroid dienone is 2. The summed E-state index contributed by atoms with van der Waals surface area (Å²) < 4.78 is 31.6. The summed E-state index contributed by atoms with van der Waals surface area (Å²) in [6.45, 7) is 1.70. The number of phosphoric ester groups is 1. The van der Waals surface area contributed by atoms with Crippen LogP contribution in [0.25, 0.3) is 0 Å². The fourth-order valence-corrected chi connectivity index (χ4v) is 4.10. The van der Waals surface area contributed by atoms with E-state index in [4.69, 9.17) is 18.5 Å². The van der Waals surface area contributed by atoms with Gasteiger partial charge in [-0.2, -0.15) is 0 Å². The number of carbonyl (C=O) groups is 2. The summed E-state index contributed by atoms with van der Waals surface area (Å²) in [5, 5.41) is 18.6. The number of ether oxygens (including phenoxy) is 2. The smallest absolute Gasteiger partial charge is 0.457 e. The molecule has 0 saturated carbocycles. The molecule has 0 aliphatic rings. The SMILES string of the molecule is CCCCCC/C=C\CCCCCCCC(=O)OC(CO)COP(=O)(O)OCC(CO)OC(=O)CCC. The average molecular weight is 553 g/mol. The minimum atomic E-state index is -4.59. The van der Waals surface area contributed by atoms with E-state index in [1.165, 1.54) is 25.7 Å². The summed E-state index contributed by atoms with van der Waals surface area (Å²) in [7, 11) is -4.59. The molecule has 0 aromatic heterocycles. The molecule has 0 spiro atoms. The molecule has 0 aromatic carbocycles. The van der Waals surface area contributed by atoms with Crippen molar-refractivity contribution in [3.05, 3.63) is 12.2 Å². The van der Waals surface area contributed by atoms with Crippen LogP contribution in [0.4, 0.5) is 0 Å². The molecule has 37 heavy (non-hydrogen) atoms. The van der Waals surface area contributed by atoms with Crippen molar-refractivity contribution in [2.24, 2.45) is 0 Å². The zero-order valence-corrected chi connectivity index (χ0v) is 23.6. The lowest BCUT2D eigenvalue weighted by molar-refractivity contribution is -0.153. The van der Waals surface area contributed by atoms with E-state index >= 15 is 0 Å². The predicted molar refractivity (Wildman–Crippen MR) is 141 cm³/mol. The van der Waals surface area contributed by atoms with Crippen molar-refractivity contribution in [2.45, 2.75) is 116 Å². The first kappa shape index (κ1) is 35.7. The summed E-state index contributed by atoms with van der Waals surface area (Å²) in [5.41, 5.74) is 0. The molecular formula is C26H49O10P. The normalized spacial score (nSPS) is 14.8. The van der Waals surface area contributed by atoms with E-state index < -0.39 is 58.4 Å². The minimum Gasteiger partial charge on any atom is -0.457 e. The average Bonchev–Trinajstić information content (AvgIpc) is 2.87. The third-order valence-electron chi connectivity index (χ3n) is 5.45. The van der Waals surface area contributed by atoms with E-state index in [0.29, 0.717) is 12.8 Å². The quantitative estimate of drug-likeness (QED) is 0.0612. The zero-order chi connectivity index (χ0) is 27.8. The number of hydrogen-bond donors (Lipinski definition) is 3. The molecule has 0 aromatic rings. The van der Waals surface area contributed by atoms with Crippen LogP contribution in [-0.2, 0) is 32.7 Å². The second kappa shape index (κ2) is 23.8. The highest BCUT2D eigenvalue weighted by Gasteiger charge is 2.27. The number of esters is 2. The molecule has 218 valence electrons. The van der Waals surface area contributed by atoms with Crippen molar-refractivity contribution in [3.63, 3.8) is 0 Å². The van der Waals surface area contributed by atoms with Crippen molar-refractivity contribution in [3.8, 4) is 0 Å². The molecule has 0 aliphatic carbocycles. The molecule has 0 aliphatic heterocycles. The Morgan fingerprint density at radius 2 is 1.16 bits per heavy atom. The maximum atomic E-state index is 12.0. The van der Waals surface area contributed by atoms with E-state index in [2.05, 4.69) is 19.1 Å². The van der Waals surface area contributed by atoms with Gasteiger partial charge < -0.3 is 24.6 Å². The molecule has 10 nitrogen and oxygen atoms in total. The topological polar surface area (TPSA) is 149 Å². The van der Waals surface area contributed by atoms with Gasteiger partial charge in [-0.05, 0) is 38.5 Å². The monoisotopic (exact) mass is 552 g/mol. The van der Waals surface area contributed by atoms with Crippen molar-refractivity contribution in [1.82, 2.24) is 0 Å². The molecule has 3 N–H and O–H groups in total. The van der Waals surface area contributed by atoms with E-state index in [9.17, 15) is 29.3 Å². The molecule has 0 fully saturated rings. The molecule has 11 heteroatoms. The highest BCUT2D eigenvalue weighted by Crippen LogP contribution is 2.43. The number of rotatable bonds is 25. The zero-order valence-electron chi connectivity index (χ0n) is 22.7. The third-order valence-corrected chi connectivity index (χ3v) is 6.40. The molecule has 0 saturated heterocycles. The third kappa shape index (κ3) is 22.4. The summed E-state index contributed by atoms with van der Waals surface area (Å²) in [6, 6.07) is 0. The lowest BCUT2D eigenvalue weighted by Gasteiger charge is -2.20. The van der Waals surface area contributed by atoms with Crippen molar-refractivity contribution in [2.75, 3.05) is 26.4 Å². The first-order chi connectivity index (χ1) is 17.8. The first-order valence-electron chi connectivity index (χ1n) is 13.6. The van der Waals surface area contributed by atoms with Crippen LogP contribution in [0.5, 0.6) is 0 Å². The highest BCUT2D eigenvalue weighted by atomic mass is 31.2. The number of carbonyl (C=O) groups excluding carboxylic acids is 2. The number of hydrogen-bond acceptors (Lipinski definition) is 9. The summed E-state index contributed by atoms with van der Waals surface area (Å²) >= 11 is 0. The Balaban J connectivity index is 4.00. The van der Waals surface area contributed by atoms with Gasteiger partial charge in [0.1, 0.15) is 12.2 Å². The molecule has 0 heterocycles. The summed E-state index contributed by atoms with van der Waals surface area (Å²) in [4.78, 5) is 33.3. The number of unbranched alkanes of at least 4 members (excludes halogenated alkanes) is 9. The van der Waals surface area contributed by atoms with E-state index in [1.54, 1.807) is 6.92 Å². The van der Waals surface area contributed by atoms with E-state index in [0.717, 1.165) is 38.5 Å². The largest absolute Gasteiger partial charge is 0.472 e. The Morgan fingerprint density at radius 1 is 0.703 bits per heavy atom. The van der Waals surface area contributed by atoms with Gasteiger partial charge in [-0.1, -0.05) is 64.5 Å². The fraction of sp³-hybridized carbons (Fsp3) is 0.846. The fourth-order valence-electron chi connectivity index (χ4n) is 3.32. The predicted octanol–water partition coefficient (Wildman–Crippen LogP) is 4.99. The highest BCUT2D eigenvalue weighted by molar-refractivity contribution is 7.47. The summed E-state index contributed by atoms with van der Waals surface area (Å²) in [5.74, 6) is -1.09. The molecule has 3 atom stereocenters. The van der Waals surface area contributed by atoms with Gasteiger partial charge in [0.05, 0.1) is 26.4 Å². The summed E-state index contributed by atoms with van der Waals surface area (Å²) in [6.07, 6.45) is 15.3. The van der Waals surface area contributed by atoms with Gasteiger partial charge in [0.15, 0.2) is 0 Å². The van der Waals surface area contributed by atoms with Crippen LogP contribution in [0.1, 0.15) is 104 Å². The standard InChI is InChI=1S/C26H49O10P/c1-3-5-6-7-8-9-10-11-12-13-14-15-16-18-26(30)36-24(20-28)22-34-37(31,32)33-21-23(19-27)35-25(29)17-4-2/h9-10,23-24,27-28H,3-8,11-22H2,1-2H3,(H,31,32)/b10-9-. The molecular weight excluding hydrogens is 503 g/mol. The molecule has 0 amide bonds. The molecule has 0 rings (SSSR count). The van der Waals surface area contributed by atoms with Crippen LogP contribution in [0.3, 0.4) is 0 Å². The van der Waals surface area contributed by atoms with Gasteiger partial charge in [-0.25, -0.2) is 4.57 Å². The Hall–Kier alpha value is -1.29. The lowest BCUT2D eigenvalue weighted by atomic mass is 10.1. The van der Waals surface area contributed by atoms with Crippen molar-refractivity contribution < 1.29 is 47.8 Å². The van der Waals surface area contributed by atoms with Gasteiger partial charge in [0, 0.05) is 12.8 Å². The maximum Gasteiger partial charge on any atom is 0.472 e. The van der Waals surface area contributed by atoms with Crippen LogP contribution in [0.15, 0.2) is 12.2 Å². The van der Waals surface area contributed by atoms with E-state index in [-0.39, 0.29) is 12.8 Å². The van der Waals surface area contributed by atoms with Gasteiger partial charge in [0.25, 0.3) is 0 Å². The molecule has 3 unspecified atom stereocenters. The maximum absolute atomic E-state index is 12.0. The number of aliphatic hydroxyl groups is 2. The van der Waals surface area contributed by atoms with Gasteiger partial charge >= 0.3 is 19.8 Å².